The Labute approximate surface area is 179 Å². The van der Waals surface area contributed by atoms with Crippen molar-refractivity contribution in [3.05, 3.63) is 35.9 Å². The molecule has 1 aliphatic rings. The molecule has 1 saturated carbocycles. The topological polar surface area (TPSA) is 85.6 Å². The van der Waals surface area contributed by atoms with Crippen molar-refractivity contribution >= 4 is 5.96 Å². The zero-order valence-corrected chi connectivity index (χ0v) is 18.5. The van der Waals surface area contributed by atoms with E-state index in [0.29, 0.717) is 19.1 Å². The average Bonchev–Trinajstić information content (AvgIpc) is 3.08. The molecule has 1 aliphatic carbocycles. The van der Waals surface area contributed by atoms with E-state index in [1.807, 2.05) is 49.7 Å². The van der Waals surface area contributed by atoms with Crippen LogP contribution in [0.25, 0.3) is 0 Å². The molecule has 2 N–H and O–H groups in total. The van der Waals surface area contributed by atoms with Crippen LogP contribution < -0.4 is 20.1 Å². The maximum Gasteiger partial charge on any atom is 0.192 e. The largest absolute Gasteiger partial charge is 0.497 e. The molecule has 1 heterocycles. The number of aryl methyl sites for hydroxylation is 1. The standard InChI is InChI=1S/C22H34N6O2/c1-16(30-20-12-8-11-19(13-20)29-4)14-23-22(25-18-9-6-5-7-10-18)24-15-21-27-26-17(2)28(21)3/h8,11-13,16,18H,5-7,9-10,14-15H2,1-4H3,(H2,23,24,25). The quantitative estimate of drug-likeness (QED) is 0.510. The molecule has 0 aliphatic heterocycles. The van der Waals surface area contributed by atoms with Crippen LogP contribution in [-0.2, 0) is 13.6 Å². The van der Waals surface area contributed by atoms with E-state index >= 15 is 0 Å². The van der Waals surface area contributed by atoms with Gasteiger partial charge in [-0.05, 0) is 38.8 Å². The van der Waals surface area contributed by atoms with Gasteiger partial charge >= 0.3 is 0 Å². The molecule has 0 radical (unpaired) electrons. The number of guanidine groups is 1. The molecule has 3 rings (SSSR count). The van der Waals surface area contributed by atoms with Crippen molar-refractivity contribution in [2.75, 3.05) is 13.7 Å². The minimum atomic E-state index is -0.0347. The van der Waals surface area contributed by atoms with Crippen molar-refractivity contribution in [1.29, 1.82) is 0 Å². The summed E-state index contributed by atoms with van der Waals surface area (Å²) in [6, 6.07) is 8.12. The lowest BCUT2D eigenvalue weighted by molar-refractivity contribution is 0.222. The second kappa shape index (κ2) is 10.8. The van der Waals surface area contributed by atoms with Gasteiger partial charge in [-0.1, -0.05) is 25.3 Å². The second-order valence-corrected chi connectivity index (χ2v) is 7.85. The van der Waals surface area contributed by atoms with Crippen molar-refractivity contribution in [3.63, 3.8) is 0 Å². The number of rotatable bonds is 8. The third-order valence-electron chi connectivity index (χ3n) is 5.44. The predicted octanol–water partition coefficient (Wildman–Crippen LogP) is 2.97. The maximum atomic E-state index is 6.03. The van der Waals surface area contributed by atoms with Crippen LogP contribution in [0.2, 0.25) is 0 Å². The first-order valence-electron chi connectivity index (χ1n) is 10.8. The number of methoxy groups -OCH3 is 1. The lowest BCUT2D eigenvalue weighted by Crippen LogP contribution is -2.46. The Morgan fingerprint density at radius 2 is 2.00 bits per heavy atom. The molecule has 164 valence electrons. The van der Waals surface area contributed by atoms with Crippen molar-refractivity contribution in [3.8, 4) is 11.5 Å². The number of hydrogen-bond acceptors (Lipinski definition) is 5. The van der Waals surface area contributed by atoms with E-state index < -0.39 is 0 Å². The van der Waals surface area contributed by atoms with E-state index in [2.05, 4.69) is 20.8 Å². The molecule has 8 heteroatoms. The third kappa shape index (κ3) is 6.37. The first kappa shape index (κ1) is 21.9. The molecule has 1 atom stereocenters. The van der Waals surface area contributed by atoms with Gasteiger partial charge in [0.2, 0.25) is 0 Å². The fourth-order valence-electron chi connectivity index (χ4n) is 3.52. The van der Waals surface area contributed by atoms with Gasteiger partial charge in [0, 0.05) is 19.2 Å². The van der Waals surface area contributed by atoms with Crippen molar-refractivity contribution < 1.29 is 9.47 Å². The fourth-order valence-corrected chi connectivity index (χ4v) is 3.52. The van der Waals surface area contributed by atoms with Crippen LogP contribution in [0, 0.1) is 6.92 Å². The first-order valence-corrected chi connectivity index (χ1v) is 10.8. The Bertz CT molecular complexity index is 829. The summed E-state index contributed by atoms with van der Waals surface area (Å²) in [7, 11) is 3.62. The monoisotopic (exact) mass is 414 g/mol. The highest BCUT2D eigenvalue weighted by Gasteiger charge is 2.16. The summed E-state index contributed by atoms with van der Waals surface area (Å²) in [5.41, 5.74) is 0. The van der Waals surface area contributed by atoms with Crippen LogP contribution in [-0.4, -0.2) is 46.5 Å². The van der Waals surface area contributed by atoms with Crippen LogP contribution in [0.3, 0.4) is 0 Å². The number of aromatic nitrogens is 3. The molecule has 2 aromatic rings. The molecule has 8 nitrogen and oxygen atoms in total. The molecule has 0 amide bonds. The highest BCUT2D eigenvalue weighted by molar-refractivity contribution is 5.80. The molecule has 1 aromatic carbocycles. The van der Waals surface area contributed by atoms with Crippen LogP contribution >= 0.6 is 0 Å². The van der Waals surface area contributed by atoms with E-state index in [9.17, 15) is 0 Å². The third-order valence-corrected chi connectivity index (χ3v) is 5.44. The van der Waals surface area contributed by atoms with Crippen molar-refractivity contribution in [2.24, 2.45) is 12.0 Å². The highest BCUT2D eigenvalue weighted by atomic mass is 16.5. The van der Waals surface area contributed by atoms with Crippen LogP contribution in [0.5, 0.6) is 11.5 Å². The van der Waals surface area contributed by atoms with E-state index in [4.69, 9.17) is 14.5 Å². The van der Waals surface area contributed by atoms with Crippen LogP contribution in [0.4, 0.5) is 0 Å². The number of benzene rings is 1. The first-order chi connectivity index (χ1) is 14.5. The Morgan fingerprint density at radius 1 is 1.23 bits per heavy atom. The smallest absolute Gasteiger partial charge is 0.192 e. The van der Waals surface area contributed by atoms with Crippen LogP contribution in [0.15, 0.2) is 29.3 Å². The summed E-state index contributed by atoms with van der Waals surface area (Å²) in [4.78, 5) is 4.76. The summed E-state index contributed by atoms with van der Waals surface area (Å²) in [5, 5.41) is 15.4. The fraction of sp³-hybridized carbons (Fsp3) is 0.591. The van der Waals surface area contributed by atoms with Gasteiger partial charge in [-0.2, -0.15) is 0 Å². The van der Waals surface area contributed by atoms with E-state index in [1.165, 1.54) is 32.1 Å². The molecule has 1 unspecified atom stereocenters. The Balaban J connectivity index is 1.60. The van der Waals surface area contributed by atoms with Gasteiger partial charge in [-0.25, -0.2) is 4.99 Å². The molecule has 0 saturated heterocycles. The molecule has 1 aromatic heterocycles. The second-order valence-electron chi connectivity index (χ2n) is 7.85. The summed E-state index contributed by atoms with van der Waals surface area (Å²) < 4.78 is 13.3. The van der Waals surface area contributed by atoms with Gasteiger partial charge < -0.3 is 24.7 Å². The van der Waals surface area contributed by atoms with Crippen molar-refractivity contribution in [1.82, 2.24) is 25.4 Å². The number of nitrogens with one attached hydrogen (secondary N) is 2. The normalized spacial score (nSPS) is 16.2. The zero-order chi connectivity index (χ0) is 21.3. The number of ether oxygens (including phenoxy) is 2. The zero-order valence-electron chi connectivity index (χ0n) is 18.5. The van der Waals surface area contributed by atoms with Gasteiger partial charge in [0.1, 0.15) is 30.0 Å². The number of hydrogen-bond donors (Lipinski definition) is 2. The molecule has 0 bridgehead atoms. The Kier molecular flexibility index (Phi) is 7.93. The number of nitrogens with zero attached hydrogens (tertiary/aromatic N) is 4. The lowest BCUT2D eigenvalue weighted by atomic mass is 9.96. The highest BCUT2D eigenvalue weighted by Crippen LogP contribution is 2.20. The van der Waals surface area contributed by atoms with Crippen molar-refractivity contribution in [2.45, 2.75) is 64.6 Å². The molecule has 1 fully saturated rings. The van der Waals surface area contributed by atoms with E-state index in [1.54, 1.807) is 7.11 Å². The predicted molar refractivity (Wildman–Crippen MR) is 118 cm³/mol. The Morgan fingerprint density at radius 3 is 2.70 bits per heavy atom. The Hall–Kier alpha value is -2.77. The molecular formula is C22H34N6O2. The average molecular weight is 415 g/mol. The molecule has 30 heavy (non-hydrogen) atoms. The van der Waals surface area contributed by atoms with Gasteiger partial charge in [-0.15, -0.1) is 10.2 Å². The lowest BCUT2D eigenvalue weighted by Gasteiger charge is -2.26. The van der Waals surface area contributed by atoms with Gasteiger partial charge in [0.05, 0.1) is 13.7 Å². The summed E-state index contributed by atoms with van der Waals surface area (Å²) in [6.45, 7) is 5.09. The summed E-state index contributed by atoms with van der Waals surface area (Å²) in [5.74, 6) is 4.10. The van der Waals surface area contributed by atoms with Gasteiger partial charge in [-0.3, -0.25) is 0 Å². The summed E-state index contributed by atoms with van der Waals surface area (Å²) in [6.07, 6.45) is 6.18. The van der Waals surface area contributed by atoms with Crippen LogP contribution in [0.1, 0.15) is 50.7 Å². The summed E-state index contributed by atoms with van der Waals surface area (Å²) >= 11 is 0. The minimum absolute atomic E-state index is 0.0347. The molecule has 0 spiro atoms. The van der Waals surface area contributed by atoms with E-state index in [-0.39, 0.29) is 6.10 Å². The van der Waals surface area contributed by atoms with Gasteiger partial charge in [0.15, 0.2) is 11.8 Å². The SMILES string of the molecule is COc1cccc(OC(C)CNC(=NCc2nnc(C)n2C)NC2CCCCC2)c1. The van der Waals surface area contributed by atoms with Gasteiger partial charge in [0.25, 0.3) is 0 Å². The maximum absolute atomic E-state index is 6.03. The minimum Gasteiger partial charge on any atom is -0.497 e. The number of aliphatic imine (C=N–C) groups is 1. The van der Waals surface area contributed by atoms with E-state index in [0.717, 1.165) is 29.1 Å². The molecular weight excluding hydrogens is 380 g/mol.